The van der Waals surface area contributed by atoms with Gasteiger partial charge < -0.3 is 4.90 Å². The Morgan fingerprint density at radius 2 is 2.05 bits per heavy atom. The number of sulfonamides is 1. The summed E-state index contributed by atoms with van der Waals surface area (Å²) >= 11 is 6.01. The van der Waals surface area contributed by atoms with E-state index in [1.54, 1.807) is 12.1 Å². The second kappa shape index (κ2) is 6.71. The Hall–Kier alpha value is -0.880. The van der Waals surface area contributed by atoms with E-state index in [1.165, 1.54) is 24.3 Å². The number of hydrogen-bond donors (Lipinski definition) is 1. The average molecular weight is 341 g/mol. The van der Waals surface area contributed by atoms with Crippen molar-refractivity contribution in [2.45, 2.75) is 25.3 Å². The summed E-state index contributed by atoms with van der Waals surface area (Å²) < 4.78 is 26.8. The van der Waals surface area contributed by atoms with E-state index in [0.29, 0.717) is 23.0 Å². The molecule has 1 aliphatic carbocycles. The van der Waals surface area contributed by atoms with E-state index >= 15 is 0 Å². The summed E-state index contributed by atoms with van der Waals surface area (Å²) in [6.45, 7) is 2.63. The molecular formula is C16H21ClN2O2S. The van der Waals surface area contributed by atoms with Crippen LogP contribution in [0.1, 0.15) is 24.8 Å². The molecule has 1 aliphatic heterocycles. The van der Waals surface area contributed by atoms with Gasteiger partial charge in [-0.25, -0.2) is 13.1 Å². The van der Waals surface area contributed by atoms with Crippen molar-refractivity contribution in [3.05, 3.63) is 40.3 Å². The van der Waals surface area contributed by atoms with Gasteiger partial charge in [0.25, 0.3) is 0 Å². The van der Waals surface area contributed by atoms with Crippen molar-refractivity contribution in [3.8, 4) is 0 Å². The predicted octanol–water partition coefficient (Wildman–Crippen LogP) is 2.71. The van der Waals surface area contributed by atoms with Gasteiger partial charge in [-0.1, -0.05) is 29.8 Å². The first-order valence-corrected chi connectivity index (χ1v) is 9.62. The lowest BCUT2D eigenvalue weighted by atomic mass is 10.1. The van der Waals surface area contributed by atoms with E-state index in [0.717, 1.165) is 25.6 Å². The third-order valence-corrected chi connectivity index (χ3v) is 5.69. The van der Waals surface area contributed by atoms with E-state index in [4.69, 9.17) is 11.6 Å². The number of rotatable bonds is 6. The highest BCUT2D eigenvalue weighted by Crippen LogP contribution is 2.31. The fourth-order valence-electron chi connectivity index (χ4n) is 2.86. The number of benzene rings is 1. The Morgan fingerprint density at radius 1 is 1.27 bits per heavy atom. The molecule has 4 nitrogen and oxygen atoms in total. The molecule has 6 heteroatoms. The molecule has 120 valence electrons. The van der Waals surface area contributed by atoms with Gasteiger partial charge >= 0.3 is 0 Å². The largest absolute Gasteiger partial charge is 0.300 e. The standard InChI is InChI=1S/C16H21ClN2O2S/c17-16-4-2-1-3-14(16)8-10-22(20,21)18-11-13-7-9-19(12-13)15-5-6-15/h1-4,8,10,13,15,18H,5-7,9,11-12H2/b10-8+. The van der Waals surface area contributed by atoms with Crippen LogP contribution in [-0.4, -0.2) is 39.0 Å². The molecular weight excluding hydrogens is 320 g/mol. The van der Waals surface area contributed by atoms with Gasteiger partial charge in [0, 0.05) is 29.6 Å². The molecule has 0 aromatic heterocycles. The summed E-state index contributed by atoms with van der Waals surface area (Å²) in [6, 6.07) is 7.95. The molecule has 3 rings (SSSR count). The second-order valence-corrected chi connectivity index (χ2v) is 8.16. The van der Waals surface area contributed by atoms with Gasteiger partial charge in [0.1, 0.15) is 0 Å². The molecule has 22 heavy (non-hydrogen) atoms. The molecule has 0 bridgehead atoms. The fraction of sp³-hybridized carbons (Fsp3) is 0.500. The molecule has 2 fully saturated rings. The van der Waals surface area contributed by atoms with Gasteiger partial charge in [-0.15, -0.1) is 0 Å². The first-order valence-electron chi connectivity index (χ1n) is 7.70. The Labute approximate surface area is 137 Å². The van der Waals surface area contributed by atoms with Crippen molar-refractivity contribution in [1.82, 2.24) is 9.62 Å². The van der Waals surface area contributed by atoms with Crippen LogP contribution in [0.4, 0.5) is 0 Å². The minimum atomic E-state index is -3.41. The lowest BCUT2D eigenvalue weighted by Gasteiger charge is -2.14. The van der Waals surface area contributed by atoms with Crippen molar-refractivity contribution in [1.29, 1.82) is 0 Å². The molecule has 0 amide bonds. The second-order valence-electron chi connectivity index (χ2n) is 6.10. The third kappa shape index (κ3) is 4.32. The minimum Gasteiger partial charge on any atom is -0.300 e. The Morgan fingerprint density at radius 3 is 2.77 bits per heavy atom. The Kier molecular flexibility index (Phi) is 4.88. The maximum atomic E-state index is 12.0. The SMILES string of the molecule is O=S(=O)(/C=C/c1ccccc1Cl)NCC1CCN(C2CC2)C1. The van der Waals surface area contributed by atoms with Crippen molar-refractivity contribution >= 4 is 27.7 Å². The van der Waals surface area contributed by atoms with Crippen LogP contribution < -0.4 is 4.72 Å². The number of hydrogen-bond acceptors (Lipinski definition) is 3. The third-order valence-electron chi connectivity index (χ3n) is 4.29. The molecule has 1 heterocycles. The zero-order valence-electron chi connectivity index (χ0n) is 12.4. The molecule has 1 N–H and O–H groups in total. The van der Waals surface area contributed by atoms with Gasteiger partial charge in [0.2, 0.25) is 10.0 Å². The highest BCUT2D eigenvalue weighted by atomic mass is 35.5. The molecule has 1 unspecified atom stereocenters. The molecule has 0 radical (unpaired) electrons. The molecule has 2 aliphatic rings. The summed E-state index contributed by atoms with van der Waals surface area (Å²) in [4.78, 5) is 2.48. The molecule has 1 aromatic carbocycles. The molecule has 1 saturated carbocycles. The van der Waals surface area contributed by atoms with Crippen molar-refractivity contribution in [2.75, 3.05) is 19.6 Å². The molecule has 1 aromatic rings. The topological polar surface area (TPSA) is 49.4 Å². The van der Waals surface area contributed by atoms with E-state index in [1.807, 2.05) is 12.1 Å². The first kappa shape index (κ1) is 16.0. The maximum absolute atomic E-state index is 12.0. The van der Waals surface area contributed by atoms with Crippen LogP contribution in [0.15, 0.2) is 29.7 Å². The summed E-state index contributed by atoms with van der Waals surface area (Å²) in [7, 11) is -3.41. The van der Waals surface area contributed by atoms with Crippen LogP contribution in [0, 0.1) is 5.92 Å². The van der Waals surface area contributed by atoms with E-state index in [2.05, 4.69) is 9.62 Å². The number of halogens is 1. The summed E-state index contributed by atoms with van der Waals surface area (Å²) in [6.07, 6.45) is 5.22. The van der Waals surface area contributed by atoms with Crippen molar-refractivity contribution in [2.24, 2.45) is 5.92 Å². The summed E-state index contributed by atoms with van der Waals surface area (Å²) in [5.41, 5.74) is 0.704. The predicted molar refractivity (Wildman–Crippen MR) is 90.1 cm³/mol. The maximum Gasteiger partial charge on any atom is 0.233 e. The smallest absolute Gasteiger partial charge is 0.233 e. The first-order chi connectivity index (χ1) is 10.5. The highest BCUT2D eigenvalue weighted by molar-refractivity contribution is 7.92. The quantitative estimate of drug-likeness (QED) is 0.866. The zero-order valence-corrected chi connectivity index (χ0v) is 14.0. The average Bonchev–Trinajstić information content (AvgIpc) is 3.23. The highest BCUT2D eigenvalue weighted by Gasteiger charge is 2.34. The normalized spacial score (nSPS) is 23.4. The van der Waals surface area contributed by atoms with Crippen LogP contribution in [0.25, 0.3) is 6.08 Å². The van der Waals surface area contributed by atoms with E-state index < -0.39 is 10.0 Å². The number of nitrogens with zero attached hydrogens (tertiary/aromatic N) is 1. The number of nitrogens with one attached hydrogen (secondary N) is 1. The van der Waals surface area contributed by atoms with E-state index in [-0.39, 0.29) is 0 Å². The Bertz CT molecular complexity index is 656. The Balaban J connectivity index is 1.52. The van der Waals surface area contributed by atoms with E-state index in [9.17, 15) is 8.42 Å². The summed E-state index contributed by atoms with van der Waals surface area (Å²) in [5, 5.41) is 1.74. The monoisotopic (exact) mass is 340 g/mol. The van der Waals surface area contributed by atoms with Crippen molar-refractivity contribution < 1.29 is 8.42 Å². The summed E-state index contributed by atoms with van der Waals surface area (Å²) in [5.74, 6) is 0.420. The van der Waals surface area contributed by atoms with Gasteiger partial charge in [-0.3, -0.25) is 0 Å². The van der Waals surface area contributed by atoms with Crippen LogP contribution in [-0.2, 0) is 10.0 Å². The van der Waals surface area contributed by atoms with Crippen LogP contribution in [0.2, 0.25) is 5.02 Å². The van der Waals surface area contributed by atoms with Crippen molar-refractivity contribution in [3.63, 3.8) is 0 Å². The van der Waals surface area contributed by atoms with Gasteiger partial charge in [-0.2, -0.15) is 0 Å². The fourth-order valence-corrected chi connectivity index (χ4v) is 3.94. The van der Waals surface area contributed by atoms with Crippen LogP contribution >= 0.6 is 11.6 Å². The van der Waals surface area contributed by atoms with Gasteiger partial charge in [0.05, 0.1) is 0 Å². The minimum absolute atomic E-state index is 0.420. The zero-order chi connectivity index (χ0) is 15.6. The van der Waals surface area contributed by atoms with Gasteiger partial charge in [-0.05, 0) is 49.4 Å². The molecule has 1 atom stereocenters. The molecule has 1 saturated heterocycles. The van der Waals surface area contributed by atoms with Gasteiger partial charge in [0.15, 0.2) is 0 Å². The lowest BCUT2D eigenvalue weighted by molar-refractivity contribution is 0.314. The van der Waals surface area contributed by atoms with Crippen LogP contribution in [0.3, 0.4) is 0 Å². The van der Waals surface area contributed by atoms with Crippen LogP contribution in [0.5, 0.6) is 0 Å². The lowest BCUT2D eigenvalue weighted by Crippen LogP contribution is -2.30. The number of likely N-dealkylation sites (tertiary alicyclic amines) is 1. The molecule has 0 spiro atoms.